The fraction of sp³-hybridized carbons (Fsp3) is 0.407. The van der Waals surface area contributed by atoms with Crippen LogP contribution in [0.15, 0.2) is 54.6 Å². The highest BCUT2D eigenvalue weighted by atomic mass is 35.5. The Balaban J connectivity index is 1.16. The van der Waals surface area contributed by atoms with Crippen LogP contribution in [0.3, 0.4) is 0 Å². The molecule has 1 aromatic heterocycles. The third-order valence-corrected chi connectivity index (χ3v) is 6.00. The third kappa shape index (κ3) is 9.95. The van der Waals surface area contributed by atoms with Crippen molar-refractivity contribution in [1.29, 1.82) is 0 Å². The predicted molar refractivity (Wildman–Crippen MR) is 151 cm³/mol. The first-order chi connectivity index (χ1) is 19.2. The summed E-state index contributed by atoms with van der Waals surface area (Å²) in [6.07, 6.45) is 0. The molecule has 1 saturated heterocycles. The number of ether oxygens (including phenoxy) is 3. The zero-order chi connectivity index (χ0) is 27.1. The van der Waals surface area contributed by atoms with E-state index >= 15 is 0 Å². The van der Waals surface area contributed by atoms with E-state index in [0.717, 1.165) is 18.7 Å². The van der Waals surface area contributed by atoms with Gasteiger partial charge in [0.05, 0.1) is 39.6 Å². The molecule has 208 valence electrons. The maximum atomic E-state index is 12.0. The lowest BCUT2D eigenvalue weighted by molar-refractivity contribution is 0.0519. The van der Waals surface area contributed by atoms with E-state index in [1.165, 1.54) is 0 Å². The largest absolute Gasteiger partial charge is 0.378 e. The highest BCUT2D eigenvalue weighted by molar-refractivity contribution is 6.30. The zero-order valence-corrected chi connectivity index (χ0v) is 22.5. The van der Waals surface area contributed by atoms with Crippen molar-refractivity contribution in [2.24, 2.45) is 0 Å². The van der Waals surface area contributed by atoms with Crippen LogP contribution in [0, 0.1) is 0 Å². The molecule has 0 saturated carbocycles. The quantitative estimate of drug-likeness (QED) is 0.241. The molecular weight excluding hydrogens is 522 g/mol. The van der Waals surface area contributed by atoms with Crippen LogP contribution in [0.5, 0.6) is 0 Å². The van der Waals surface area contributed by atoms with Gasteiger partial charge in [0.25, 0.3) is 5.91 Å². The number of rotatable bonds is 15. The van der Waals surface area contributed by atoms with Crippen LogP contribution in [0.1, 0.15) is 15.9 Å². The molecule has 12 heteroatoms. The van der Waals surface area contributed by atoms with Gasteiger partial charge in [-0.2, -0.15) is 15.0 Å². The van der Waals surface area contributed by atoms with E-state index in [2.05, 4.69) is 35.8 Å². The molecule has 0 bridgehead atoms. The van der Waals surface area contributed by atoms with Crippen molar-refractivity contribution in [1.82, 2.24) is 20.3 Å². The van der Waals surface area contributed by atoms with Gasteiger partial charge in [-0.25, -0.2) is 0 Å². The number of amides is 1. The molecule has 0 radical (unpaired) electrons. The minimum Gasteiger partial charge on any atom is -0.378 e. The second-order valence-corrected chi connectivity index (χ2v) is 9.07. The van der Waals surface area contributed by atoms with Crippen molar-refractivity contribution in [3.63, 3.8) is 0 Å². The Kier molecular flexibility index (Phi) is 11.5. The Morgan fingerprint density at radius 1 is 0.846 bits per heavy atom. The number of benzene rings is 2. The van der Waals surface area contributed by atoms with Gasteiger partial charge in [0.1, 0.15) is 0 Å². The van der Waals surface area contributed by atoms with Crippen LogP contribution in [-0.2, 0) is 20.8 Å². The fourth-order valence-corrected chi connectivity index (χ4v) is 3.82. The van der Waals surface area contributed by atoms with Crippen LogP contribution in [-0.4, -0.2) is 86.7 Å². The molecule has 1 aliphatic rings. The van der Waals surface area contributed by atoms with E-state index in [-0.39, 0.29) is 5.91 Å². The number of hydrogen-bond donors (Lipinski definition) is 3. The molecule has 0 unspecified atom stereocenters. The molecule has 3 N–H and O–H groups in total. The molecule has 3 aromatic rings. The van der Waals surface area contributed by atoms with E-state index in [9.17, 15) is 4.79 Å². The van der Waals surface area contributed by atoms with Crippen LogP contribution < -0.4 is 20.9 Å². The standard InChI is InChI=1S/C27H34ClN7O4/c28-23-8-6-21(7-9-23)20-31-26-32-25(33-27(34-26)35-12-16-39-17-13-35)30-11-15-38-19-18-37-14-10-29-24(36)22-4-2-1-3-5-22/h1-9H,10-20H2,(H,29,36)(H2,30,31,32,33,34). The van der Waals surface area contributed by atoms with Crippen molar-refractivity contribution in [2.45, 2.75) is 6.54 Å². The number of carbonyl (C=O) groups is 1. The molecule has 2 heterocycles. The number of carbonyl (C=O) groups excluding carboxylic acids is 1. The molecule has 0 spiro atoms. The molecule has 11 nitrogen and oxygen atoms in total. The second kappa shape index (κ2) is 15.8. The van der Waals surface area contributed by atoms with Crippen LogP contribution in [0.2, 0.25) is 5.02 Å². The van der Waals surface area contributed by atoms with Gasteiger partial charge in [-0.1, -0.05) is 41.9 Å². The summed E-state index contributed by atoms with van der Waals surface area (Å²) in [5.74, 6) is 1.44. The van der Waals surface area contributed by atoms with Gasteiger partial charge in [-0.3, -0.25) is 4.79 Å². The van der Waals surface area contributed by atoms with Gasteiger partial charge in [0.2, 0.25) is 17.8 Å². The summed E-state index contributed by atoms with van der Waals surface area (Å²) in [6, 6.07) is 16.7. The van der Waals surface area contributed by atoms with Crippen molar-refractivity contribution in [3.8, 4) is 0 Å². The van der Waals surface area contributed by atoms with Gasteiger partial charge in [0, 0.05) is 43.3 Å². The molecule has 1 aliphatic heterocycles. The lowest BCUT2D eigenvalue weighted by Gasteiger charge is -2.27. The zero-order valence-electron chi connectivity index (χ0n) is 21.8. The van der Waals surface area contributed by atoms with E-state index in [1.807, 2.05) is 42.5 Å². The summed E-state index contributed by atoms with van der Waals surface area (Å²) in [5.41, 5.74) is 1.70. The van der Waals surface area contributed by atoms with Crippen LogP contribution in [0.25, 0.3) is 0 Å². The summed E-state index contributed by atoms with van der Waals surface area (Å²) in [7, 11) is 0. The molecule has 0 aliphatic carbocycles. The van der Waals surface area contributed by atoms with Crippen LogP contribution in [0.4, 0.5) is 17.8 Å². The molecule has 1 amide bonds. The van der Waals surface area contributed by atoms with Gasteiger partial charge < -0.3 is 35.1 Å². The number of morpholine rings is 1. The maximum Gasteiger partial charge on any atom is 0.251 e. The summed E-state index contributed by atoms with van der Waals surface area (Å²) in [6.45, 7) is 5.99. The topological polar surface area (TPSA) is 123 Å². The Bertz CT molecular complexity index is 1150. The second-order valence-electron chi connectivity index (χ2n) is 8.64. The molecule has 4 rings (SSSR count). The lowest BCUT2D eigenvalue weighted by atomic mass is 10.2. The Labute approximate surface area is 233 Å². The predicted octanol–water partition coefficient (Wildman–Crippen LogP) is 2.85. The first-order valence-corrected chi connectivity index (χ1v) is 13.3. The summed E-state index contributed by atoms with van der Waals surface area (Å²) in [5, 5.41) is 10.0. The minimum absolute atomic E-state index is 0.111. The average molecular weight is 556 g/mol. The molecule has 2 aromatic carbocycles. The van der Waals surface area contributed by atoms with Gasteiger partial charge in [-0.05, 0) is 29.8 Å². The highest BCUT2D eigenvalue weighted by Gasteiger charge is 2.16. The number of halogens is 1. The number of hydrogen-bond acceptors (Lipinski definition) is 10. The fourth-order valence-electron chi connectivity index (χ4n) is 3.70. The van der Waals surface area contributed by atoms with Crippen LogP contribution >= 0.6 is 11.6 Å². The van der Waals surface area contributed by atoms with Crippen molar-refractivity contribution in [3.05, 3.63) is 70.7 Å². The summed E-state index contributed by atoms with van der Waals surface area (Å²) >= 11 is 5.99. The highest BCUT2D eigenvalue weighted by Crippen LogP contribution is 2.16. The Morgan fingerprint density at radius 2 is 1.51 bits per heavy atom. The van der Waals surface area contributed by atoms with Crippen molar-refractivity contribution in [2.75, 3.05) is 81.4 Å². The third-order valence-electron chi connectivity index (χ3n) is 5.75. The average Bonchev–Trinajstić information content (AvgIpc) is 2.98. The first-order valence-electron chi connectivity index (χ1n) is 13.0. The number of nitrogens with one attached hydrogen (secondary N) is 3. The molecular formula is C27H34ClN7O4. The molecule has 39 heavy (non-hydrogen) atoms. The van der Waals surface area contributed by atoms with Gasteiger partial charge in [-0.15, -0.1) is 0 Å². The lowest BCUT2D eigenvalue weighted by Crippen LogP contribution is -2.37. The maximum absolute atomic E-state index is 12.0. The van der Waals surface area contributed by atoms with E-state index in [4.69, 9.17) is 25.8 Å². The smallest absolute Gasteiger partial charge is 0.251 e. The van der Waals surface area contributed by atoms with Crippen molar-refractivity contribution < 1.29 is 19.0 Å². The van der Waals surface area contributed by atoms with E-state index < -0.39 is 0 Å². The van der Waals surface area contributed by atoms with Gasteiger partial charge in [0.15, 0.2) is 0 Å². The van der Waals surface area contributed by atoms with Gasteiger partial charge >= 0.3 is 0 Å². The SMILES string of the molecule is O=C(NCCOCCOCCNc1nc(NCc2ccc(Cl)cc2)nc(N2CCOCC2)n1)c1ccccc1. The normalized spacial score (nSPS) is 13.2. The summed E-state index contributed by atoms with van der Waals surface area (Å²) < 4.78 is 16.6. The van der Waals surface area contributed by atoms with E-state index in [0.29, 0.717) is 87.7 Å². The van der Waals surface area contributed by atoms with Crippen molar-refractivity contribution >= 4 is 35.4 Å². The Morgan fingerprint density at radius 3 is 2.23 bits per heavy atom. The molecule has 0 atom stereocenters. The monoisotopic (exact) mass is 555 g/mol. The Hall–Kier alpha value is -3.51. The van der Waals surface area contributed by atoms with E-state index in [1.54, 1.807) is 12.1 Å². The molecule has 1 fully saturated rings. The minimum atomic E-state index is -0.111. The number of nitrogens with zero attached hydrogens (tertiary/aromatic N) is 4. The first kappa shape index (κ1) is 28.5. The number of anilines is 3. The summed E-state index contributed by atoms with van der Waals surface area (Å²) in [4.78, 5) is 27.8. The number of aromatic nitrogens is 3.